The summed E-state index contributed by atoms with van der Waals surface area (Å²) in [6.07, 6.45) is 2.11. The minimum atomic E-state index is -0.859. The van der Waals surface area contributed by atoms with E-state index in [9.17, 15) is 9.59 Å². The minimum absolute atomic E-state index is 0.183. The number of carboxylic acids is 1. The van der Waals surface area contributed by atoms with Gasteiger partial charge in [-0.1, -0.05) is 6.42 Å². The summed E-state index contributed by atoms with van der Waals surface area (Å²) in [5.41, 5.74) is 0. The summed E-state index contributed by atoms with van der Waals surface area (Å²) >= 11 is 0. The van der Waals surface area contributed by atoms with E-state index in [-0.39, 0.29) is 17.7 Å². The molecule has 2 N–H and O–H groups in total. The number of aliphatic carboxylic acids is 1. The number of methoxy groups -OCH3 is 1. The Morgan fingerprint density at radius 3 is 2.95 bits per heavy atom. The number of carboxylic acid groups (broad SMARTS) is 1. The van der Waals surface area contributed by atoms with Crippen molar-refractivity contribution in [3.05, 3.63) is 23.7 Å². The predicted octanol–water partition coefficient (Wildman–Crippen LogP) is 1.41. The number of ether oxygens (including phenoxy) is 1. The molecule has 2 rings (SSSR count). The molecule has 0 saturated heterocycles. The summed E-state index contributed by atoms with van der Waals surface area (Å²) in [6, 6.07) is 2.91. The number of rotatable bonds is 5. The molecule has 0 aliphatic heterocycles. The number of carbonyl (C=O) groups is 2. The molecule has 0 unspecified atom stereocenters. The van der Waals surface area contributed by atoms with Gasteiger partial charge in [-0.3, -0.25) is 9.59 Å². The molecule has 0 radical (unpaired) electrons. The lowest BCUT2D eigenvalue weighted by Gasteiger charge is -2.16. The molecular weight excluding hydrogens is 250 g/mol. The van der Waals surface area contributed by atoms with Crippen LogP contribution in [0.3, 0.4) is 0 Å². The van der Waals surface area contributed by atoms with E-state index >= 15 is 0 Å². The molecule has 1 aliphatic rings. The van der Waals surface area contributed by atoms with Gasteiger partial charge < -0.3 is 19.6 Å². The molecule has 1 heterocycles. The fraction of sp³-hybridized carbons (Fsp3) is 0.538. The first-order valence-corrected chi connectivity index (χ1v) is 6.23. The third kappa shape index (κ3) is 3.14. The minimum Gasteiger partial charge on any atom is -0.481 e. The molecule has 19 heavy (non-hydrogen) atoms. The molecule has 104 valence electrons. The molecule has 1 aliphatic carbocycles. The van der Waals surface area contributed by atoms with Crippen molar-refractivity contribution < 1.29 is 23.8 Å². The van der Waals surface area contributed by atoms with Gasteiger partial charge in [-0.25, -0.2) is 0 Å². The maximum Gasteiger partial charge on any atom is 0.308 e. The average molecular weight is 267 g/mol. The van der Waals surface area contributed by atoms with Crippen LogP contribution in [0, 0.1) is 5.92 Å². The van der Waals surface area contributed by atoms with Crippen LogP contribution in [0.1, 0.15) is 35.6 Å². The summed E-state index contributed by atoms with van der Waals surface area (Å²) < 4.78 is 10.2. The first-order valence-electron chi connectivity index (χ1n) is 6.23. The number of furan rings is 1. The summed E-state index contributed by atoms with van der Waals surface area (Å²) in [5, 5.41) is 11.8. The summed E-state index contributed by atoms with van der Waals surface area (Å²) in [5.74, 6) is -0.989. The molecule has 1 aromatic rings. The summed E-state index contributed by atoms with van der Waals surface area (Å²) in [4.78, 5) is 23.0. The molecule has 0 spiro atoms. The quantitative estimate of drug-likeness (QED) is 0.842. The Labute approximate surface area is 110 Å². The van der Waals surface area contributed by atoms with Crippen molar-refractivity contribution in [2.45, 2.75) is 31.9 Å². The van der Waals surface area contributed by atoms with Crippen LogP contribution in [-0.2, 0) is 16.1 Å². The molecule has 1 fully saturated rings. The van der Waals surface area contributed by atoms with E-state index in [4.69, 9.17) is 14.3 Å². The van der Waals surface area contributed by atoms with Crippen LogP contribution in [0.4, 0.5) is 0 Å². The fourth-order valence-corrected chi connectivity index (χ4v) is 2.39. The zero-order valence-corrected chi connectivity index (χ0v) is 10.7. The molecule has 0 aromatic carbocycles. The van der Waals surface area contributed by atoms with Crippen molar-refractivity contribution in [2.75, 3.05) is 7.11 Å². The zero-order valence-electron chi connectivity index (χ0n) is 10.7. The van der Waals surface area contributed by atoms with Crippen LogP contribution in [0.2, 0.25) is 0 Å². The van der Waals surface area contributed by atoms with E-state index in [1.807, 2.05) is 0 Å². The number of nitrogens with one attached hydrogen (secondary N) is 1. The van der Waals surface area contributed by atoms with Crippen molar-refractivity contribution in [1.82, 2.24) is 5.32 Å². The standard InChI is InChI=1S/C13H17NO5/c1-18-7-8-5-6-11(19-8)12(15)14-10-4-2-3-9(10)13(16)17/h5-6,9-10H,2-4,7H2,1H3,(H,14,15)(H,16,17)/t9-,10+/m0/s1. The molecule has 6 nitrogen and oxygen atoms in total. The van der Waals surface area contributed by atoms with Gasteiger partial charge in [-0.05, 0) is 25.0 Å². The van der Waals surface area contributed by atoms with Gasteiger partial charge in [0.25, 0.3) is 5.91 Å². The summed E-state index contributed by atoms with van der Waals surface area (Å²) in [7, 11) is 1.54. The monoisotopic (exact) mass is 267 g/mol. The van der Waals surface area contributed by atoms with E-state index < -0.39 is 11.9 Å². The lowest BCUT2D eigenvalue weighted by Crippen LogP contribution is -2.40. The normalized spacial score (nSPS) is 22.4. The van der Waals surface area contributed by atoms with Crippen molar-refractivity contribution in [3.63, 3.8) is 0 Å². The maximum atomic E-state index is 11.9. The Bertz CT molecular complexity index is 467. The van der Waals surface area contributed by atoms with E-state index in [1.54, 1.807) is 12.1 Å². The molecule has 0 bridgehead atoms. The topological polar surface area (TPSA) is 88.8 Å². The molecular formula is C13H17NO5. The summed E-state index contributed by atoms with van der Waals surface area (Å²) in [6.45, 7) is 0.300. The lowest BCUT2D eigenvalue weighted by molar-refractivity contribution is -0.142. The highest BCUT2D eigenvalue weighted by Crippen LogP contribution is 2.26. The zero-order chi connectivity index (χ0) is 13.8. The van der Waals surface area contributed by atoms with Crippen LogP contribution in [0.25, 0.3) is 0 Å². The van der Waals surface area contributed by atoms with Crippen LogP contribution < -0.4 is 5.32 Å². The molecule has 1 saturated carbocycles. The van der Waals surface area contributed by atoms with Crippen LogP contribution in [-0.4, -0.2) is 30.1 Å². The number of amides is 1. The number of carbonyl (C=O) groups excluding carboxylic acids is 1. The van der Waals surface area contributed by atoms with Gasteiger partial charge >= 0.3 is 5.97 Å². The number of hydrogen-bond acceptors (Lipinski definition) is 4. The predicted molar refractivity (Wildman–Crippen MR) is 65.7 cm³/mol. The SMILES string of the molecule is COCc1ccc(C(=O)N[C@@H]2CCC[C@@H]2C(=O)O)o1. The van der Waals surface area contributed by atoms with Crippen molar-refractivity contribution in [1.29, 1.82) is 0 Å². The Kier molecular flexibility index (Phi) is 4.21. The largest absolute Gasteiger partial charge is 0.481 e. The first-order chi connectivity index (χ1) is 9.11. The highest BCUT2D eigenvalue weighted by atomic mass is 16.5. The van der Waals surface area contributed by atoms with Crippen molar-refractivity contribution >= 4 is 11.9 Å². The van der Waals surface area contributed by atoms with Crippen molar-refractivity contribution in [2.24, 2.45) is 5.92 Å². The first kappa shape index (κ1) is 13.6. The van der Waals surface area contributed by atoms with Gasteiger partial charge in [-0.15, -0.1) is 0 Å². The smallest absolute Gasteiger partial charge is 0.308 e. The Morgan fingerprint density at radius 2 is 2.26 bits per heavy atom. The highest BCUT2D eigenvalue weighted by molar-refractivity contribution is 5.92. The van der Waals surface area contributed by atoms with Crippen LogP contribution in [0.15, 0.2) is 16.5 Å². The van der Waals surface area contributed by atoms with Crippen LogP contribution >= 0.6 is 0 Å². The Morgan fingerprint density at radius 1 is 1.47 bits per heavy atom. The second kappa shape index (κ2) is 5.88. The maximum absolute atomic E-state index is 11.9. The van der Waals surface area contributed by atoms with Crippen molar-refractivity contribution in [3.8, 4) is 0 Å². The second-order valence-corrected chi connectivity index (χ2v) is 4.65. The third-order valence-corrected chi connectivity index (χ3v) is 3.32. The van der Waals surface area contributed by atoms with Gasteiger partial charge in [0.05, 0.1) is 5.92 Å². The Hall–Kier alpha value is -1.82. The fourth-order valence-electron chi connectivity index (χ4n) is 2.39. The van der Waals surface area contributed by atoms with Gasteiger partial charge in [0, 0.05) is 13.2 Å². The highest BCUT2D eigenvalue weighted by Gasteiger charge is 2.34. The lowest BCUT2D eigenvalue weighted by atomic mass is 10.0. The van der Waals surface area contributed by atoms with Crippen LogP contribution in [0.5, 0.6) is 0 Å². The van der Waals surface area contributed by atoms with E-state index in [2.05, 4.69) is 5.32 Å². The molecule has 2 atom stereocenters. The molecule has 6 heteroatoms. The van der Waals surface area contributed by atoms with Gasteiger partial charge in [0.2, 0.25) is 0 Å². The molecule has 1 amide bonds. The Balaban J connectivity index is 1.98. The number of hydrogen-bond donors (Lipinski definition) is 2. The second-order valence-electron chi connectivity index (χ2n) is 4.65. The average Bonchev–Trinajstić information content (AvgIpc) is 2.98. The third-order valence-electron chi connectivity index (χ3n) is 3.32. The molecule has 1 aromatic heterocycles. The van der Waals surface area contributed by atoms with E-state index in [1.165, 1.54) is 7.11 Å². The van der Waals surface area contributed by atoms with Gasteiger partial charge in [0.1, 0.15) is 12.4 Å². The van der Waals surface area contributed by atoms with Gasteiger partial charge in [0.15, 0.2) is 5.76 Å². The van der Waals surface area contributed by atoms with E-state index in [0.717, 1.165) is 6.42 Å². The van der Waals surface area contributed by atoms with Gasteiger partial charge in [-0.2, -0.15) is 0 Å². The van der Waals surface area contributed by atoms with E-state index in [0.29, 0.717) is 25.2 Å².